The van der Waals surface area contributed by atoms with Gasteiger partial charge < -0.3 is 4.42 Å². The standard InChI is InChI=1S/C15H15N5O2/c1-10-7-8-12(22-10)9-16-18-15(21)11(2)20-14-6-4-3-5-13(14)17-19-20/h3-9,11H,1-2H3,(H,18,21)/b16-9-/t11-/m1/s1. The van der Waals surface area contributed by atoms with E-state index in [2.05, 4.69) is 20.8 Å². The Morgan fingerprint density at radius 2 is 2.18 bits per heavy atom. The molecule has 1 amide bonds. The summed E-state index contributed by atoms with van der Waals surface area (Å²) in [7, 11) is 0. The minimum Gasteiger partial charge on any atom is -0.460 e. The zero-order valence-electron chi connectivity index (χ0n) is 12.2. The number of hydrogen-bond donors (Lipinski definition) is 1. The molecule has 0 aliphatic rings. The van der Waals surface area contributed by atoms with Crippen molar-refractivity contribution < 1.29 is 9.21 Å². The van der Waals surface area contributed by atoms with E-state index in [9.17, 15) is 4.79 Å². The fraction of sp³-hybridized carbons (Fsp3) is 0.200. The Morgan fingerprint density at radius 1 is 1.36 bits per heavy atom. The Kier molecular flexibility index (Phi) is 3.69. The number of amides is 1. The van der Waals surface area contributed by atoms with E-state index in [1.807, 2.05) is 37.3 Å². The monoisotopic (exact) mass is 297 g/mol. The average Bonchev–Trinajstić information content (AvgIpc) is 3.12. The molecule has 0 spiro atoms. The van der Waals surface area contributed by atoms with Crippen molar-refractivity contribution in [2.24, 2.45) is 5.10 Å². The summed E-state index contributed by atoms with van der Waals surface area (Å²) in [6.45, 7) is 3.58. The molecule has 0 fully saturated rings. The third-order valence-electron chi connectivity index (χ3n) is 3.25. The maximum atomic E-state index is 12.1. The largest absolute Gasteiger partial charge is 0.460 e. The summed E-state index contributed by atoms with van der Waals surface area (Å²) in [6, 6.07) is 10.6. The minimum absolute atomic E-state index is 0.282. The van der Waals surface area contributed by atoms with Crippen LogP contribution in [0, 0.1) is 6.92 Å². The zero-order valence-corrected chi connectivity index (χ0v) is 12.2. The molecule has 0 saturated carbocycles. The number of hydrazone groups is 1. The third kappa shape index (κ3) is 2.73. The molecule has 3 aromatic rings. The van der Waals surface area contributed by atoms with Gasteiger partial charge in [-0.25, -0.2) is 10.1 Å². The summed E-state index contributed by atoms with van der Waals surface area (Å²) in [5.41, 5.74) is 4.02. The van der Waals surface area contributed by atoms with Crippen LogP contribution in [0.15, 0.2) is 45.9 Å². The number of nitrogens with zero attached hydrogens (tertiary/aromatic N) is 4. The summed E-state index contributed by atoms with van der Waals surface area (Å²) in [5.74, 6) is 1.09. The zero-order chi connectivity index (χ0) is 15.5. The Morgan fingerprint density at radius 3 is 2.95 bits per heavy atom. The van der Waals surface area contributed by atoms with Gasteiger partial charge in [-0.1, -0.05) is 17.3 Å². The topological polar surface area (TPSA) is 85.3 Å². The number of hydrogen-bond acceptors (Lipinski definition) is 5. The number of rotatable bonds is 4. The number of nitrogens with one attached hydrogen (secondary N) is 1. The first-order chi connectivity index (χ1) is 10.6. The molecule has 2 heterocycles. The van der Waals surface area contributed by atoms with Crippen molar-refractivity contribution in [3.05, 3.63) is 47.9 Å². The number of carbonyl (C=O) groups is 1. The molecule has 0 radical (unpaired) electrons. The van der Waals surface area contributed by atoms with Gasteiger partial charge in [0.25, 0.3) is 5.91 Å². The summed E-state index contributed by atoms with van der Waals surface area (Å²) < 4.78 is 6.89. The van der Waals surface area contributed by atoms with Gasteiger partial charge in [0.1, 0.15) is 23.1 Å². The second-order valence-corrected chi connectivity index (χ2v) is 4.88. The minimum atomic E-state index is -0.525. The summed E-state index contributed by atoms with van der Waals surface area (Å²) in [6.07, 6.45) is 1.46. The number of aryl methyl sites for hydroxylation is 1. The van der Waals surface area contributed by atoms with Crippen LogP contribution in [0.1, 0.15) is 24.5 Å². The van der Waals surface area contributed by atoms with Crippen LogP contribution in [0.3, 0.4) is 0 Å². The van der Waals surface area contributed by atoms with E-state index in [4.69, 9.17) is 4.42 Å². The van der Waals surface area contributed by atoms with Crippen LogP contribution in [0.4, 0.5) is 0 Å². The normalized spacial score (nSPS) is 12.8. The summed E-state index contributed by atoms with van der Waals surface area (Å²) >= 11 is 0. The van der Waals surface area contributed by atoms with Gasteiger partial charge >= 0.3 is 0 Å². The van der Waals surface area contributed by atoms with E-state index in [-0.39, 0.29) is 5.91 Å². The quantitative estimate of drug-likeness (QED) is 0.590. The van der Waals surface area contributed by atoms with Crippen LogP contribution in [-0.4, -0.2) is 27.1 Å². The van der Waals surface area contributed by atoms with E-state index in [0.29, 0.717) is 5.76 Å². The van der Waals surface area contributed by atoms with Crippen LogP contribution >= 0.6 is 0 Å². The van der Waals surface area contributed by atoms with Crippen molar-refractivity contribution in [3.8, 4) is 0 Å². The van der Waals surface area contributed by atoms with Crippen molar-refractivity contribution in [2.75, 3.05) is 0 Å². The number of aromatic nitrogens is 3. The maximum Gasteiger partial charge on any atom is 0.264 e. The van der Waals surface area contributed by atoms with Gasteiger partial charge in [0.2, 0.25) is 0 Å². The predicted molar refractivity (Wildman–Crippen MR) is 81.4 cm³/mol. The van der Waals surface area contributed by atoms with Gasteiger partial charge in [0.15, 0.2) is 0 Å². The second-order valence-electron chi connectivity index (χ2n) is 4.88. The number of furan rings is 1. The molecule has 0 bridgehead atoms. The SMILES string of the molecule is Cc1ccc(/C=N\NC(=O)[C@@H](C)n2nnc3ccccc32)o1. The lowest BCUT2D eigenvalue weighted by molar-refractivity contribution is -0.124. The average molecular weight is 297 g/mol. The lowest BCUT2D eigenvalue weighted by Gasteiger charge is -2.10. The summed E-state index contributed by atoms with van der Waals surface area (Å²) in [4.78, 5) is 12.1. The van der Waals surface area contributed by atoms with Crippen molar-refractivity contribution >= 4 is 23.2 Å². The number of benzene rings is 1. The van der Waals surface area contributed by atoms with Gasteiger partial charge in [-0.3, -0.25) is 4.79 Å². The number of para-hydroxylation sites is 1. The molecule has 22 heavy (non-hydrogen) atoms. The molecule has 0 aliphatic heterocycles. The molecule has 1 N–H and O–H groups in total. The summed E-state index contributed by atoms with van der Waals surface area (Å²) in [5, 5.41) is 11.9. The Balaban J connectivity index is 1.70. The Labute approximate surface area is 126 Å². The van der Waals surface area contributed by atoms with E-state index in [1.165, 1.54) is 6.21 Å². The number of fused-ring (bicyclic) bond motifs is 1. The Bertz CT molecular complexity index is 833. The van der Waals surface area contributed by atoms with Crippen molar-refractivity contribution in [3.63, 3.8) is 0 Å². The van der Waals surface area contributed by atoms with Gasteiger partial charge in [-0.15, -0.1) is 5.10 Å². The highest BCUT2D eigenvalue weighted by atomic mass is 16.3. The molecule has 1 atom stereocenters. The molecule has 112 valence electrons. The highest BCUT2D eigenvalue weighted by Gasteiger charge is 2.18. The maximum absolute atomic E-state index is 12.1. The third-order valence-corrected chi connectivity index (χ3v) is 3.25. The molecule has 0 saturated heterocycles. The smallest absolute Gasteiger partial charge is 0.264 e. The molecule has 0 aliphatic carbocycles. The van der Waals surface area contributed by atoms with Crippen LogP contribution in [0.5, 0.6) is 0 Å². The number of carbonyl (C=O) groups excluding carboxylic acids is 1. The molecule has 7 heteroatoms. The first-order valence-electron chi connectivity index (χ1n) is 6.84. The van der Waals surface area contributed by atoms with Crippen LogP contribution in [0.25, 0.3) is 11.0 Å². The van der Waals surface area contributed by atoms with Gasteiger partial charge in [-0.05, 0) is 38.1 Å². The second kappa shape index (κ2) is 5.80. The lowest BCUT2D eigenvalue weighted by atomic mass is 10.3. The highest BCUT2D eigenvalue weighted by molar-refractivity contribution is 5.84. The van der Waals surface area contributed by atoms with E-state index in [1.54, 1.807) is 17.7 Å². The molecular weight excluding hydrogens is 282 g/mol. The van der Waals surface area contributed by atoms with Gasteiger partial charge in [0.05, 0.1) is 11.7 Å². The van der Waals surface area contributed by atoms with Gasteiger partial charge in [-0.2, -0.15) is 5.10 Å². The first-order valence-corrected chi connectivity index (χ1v) is 6.84. The molecule has 2 aromatic heterocycles. The Hall–Kier alpha value is -2.96. The van der Waals surface area contributed by atoms with Crippen molar-refractivity contribution in [1.29, 1.82) is 0 Å². The molecule has 3 rings (SSSR count). The predicted octanol–water partition coefficient (Wildman–Crippen LogP) is 2.04. The van der Waals surface area contributed by atoms with Crippen LogP contribution in [-0.2, 0) is 4.79 Å². The molecular formula is C15H15N5O2. The fourth-order valence-electron chi connectivity index (χ4n) is 2.06. The fourth-order valence-corrected chi connectivity index (χ4v) is 2.06. The van der Waals surface area contributed by atoms with Crippen LogP contribution in [0.2, 0.25) is 0 Å². The van der Waals surface area contributed by atoms with E-state index in [0.717, 1.165) is 16.8 Å². The highest BCUT2D eigenvalue weighted by Crippen LogP contribution is 2.15. The van der Waals surface area contributed by atoms with Crippen molar-refractivity contribution in [2.45, 2.75) is 19.9 Å². The molecule has 7 nitrogen and oxygen atoms in total. The first kappa shape index (κ1) is 14.0. The van der Waals surface area contributed by atoms with Crippen molar-refractivity contribution in [1.82, 2.24) is 20.4 Å². The van der Waals surface area contributed by atoms with E-state index >= 15 is 0 Å². The van der Waals surface area contributed by atoms with Crippen LogP contribution < -0.4 is 5.43 Å². The molecule has 0 unspecified atom stereocenters. The van der Waals surface area contributed by atoms with E-state index < -0.39 is 6.04 Å². The van der Waals surface area contributed by atoms with Gasteiger partial charge in [0, 0.05) is 0 Å². The lowest BCUT2D eigenvalue weighted by Crippen LogP contribution is -2.28. The molecule has 1 aromatic carbocycles.